The zero-order valence-electron chi connectivity index (χ0n) is 6.62. The first-order chi connectivity index (χ1) is 5.97. The summed E-state index contributed by atoms with van der Waals surface area (Å²) in [4.78, 5) is 3.91. The summed E-state index contributed by atoms with van der Waals surface area (Å²) in [5.41, 5.74) is 2.42. The first-order valence-corrected chi connectivity index (χ1v) is 3.89. The van der Waals surface area contributed by atoms with E-state index in [4.69, 9.17) is 0 Å². The third kappa shape index (κ3) is 1.37. The van der Waals surface area contributed by atoms with Gasteiger partial charge in [0.1, 0.15) is 0 Å². The molecule has 1 aromatic rings. The van der Waals surface area contributed by atoms with Gasteiger partial charge in [-0.2, -0.15) is 0 Å². The maximum absolute atomic E-state index is 3.91. The summed E-state index contributed by atoms with van der Waals surface area (Å²) >= 11 is 0. The molecule has 0 bridgehead atoms. The minimum atomic E-state index is 0.813. The van der Waals surface area contributed by atoms with Crippen LogP contribution < -0.4 is 5.32 Å². The zero-order valence-corrected chi connectivity index (χ0v) is 6.62. The van der Waals surface area contributed by atoms with Crippen LogP contribution in [0.2, 0.25) is 0 Å². The molecule has 0 amide bonds. The standard InChI is InChI=1S/C10H9N2/c1-2-4-9(5-3-1)10-6-11-8-12-7-10/h1-6H,7H2,(H,11,12). The highest BCUT2D eigenvalue weighted by Gasteiger charge is 2.01. The van der Waals surface area contributed by atoms with Crippen molar-refractivity contribution < 1.29 is 0 Å². The molecular weight excluding hydrogens is 148 g/mol. The third-order valence-electron chi connectivity index (χ3n) is 1.79. The Kier molecular flexibility index (Phi) is 1.90. The van der Waals surface area contributed by atoms with E-state index in [-0.39, 0.29) is 0 Å². The van der Waals surface area contributed by atoms with Crippen molar-refractivity contribution in [1.82, 2.24) is 5.32 Å². The Balaban J connectivity index is 2.31. The molecule has 0 fully saturated rings. The largest absolute Gasteiger partial charge is 0.363 e. The van der Waals surface area contributed by atoms with Gasteiger partial charge >= 0.3 is 0 Å². The second-order valence-corrected chi connectivity index (χ2v) is 2.61. The molecule has 0 saturated carbocycles. The first-order valence-electron chi connectivity index (χ1n) is 3.89. The van der Waals surface area contributed by atoms with Crippen LogP contribution >= 0.6 is 0 Å². The van der Waals surface area contributed by atoms with Crippen LogP contribution in [0.15, 0.2) is 41.5 Å². The van der Waals surface area contributed by atoms with E-state index in [1.54, 1.807) is 0 Å². The second kappa shape index (κ2) is 3.22. The molecule has 1 aliphatic heterocycles. The van der Waals surface area contributed by atoms with Gasteiger partial charge in [-0.3, -0.25) is 0 Å². The normalized spacial score (nSPS) is 15.2. The lowest BCUT2D eigenvalue weighted by atomic mass is 10.1. The van der Waals surface area contributed by atoms with Gasteiger partial charge in [-0.15, -0.1) is 0 Å². The number of hydrogen-bond acceptors (Lipinski definition) is 2. The Bertz CT molecular complexity index is 312. The maximum Gasteiger partial charge on any atom is 0.169 e. The van der Waals surface area contributed by atoms with Crippen LogP contribution in [0.25, 0.3) is 5.57 Å². The fourth-order valence-corrected chi connectivity index (χ4v) is 1.17. The van der Waals surface area contributed by atoms with E-state index in [1.807, 2.05) is 24.4 Å². The minimum Gasteiger partial charge on any atom is -0.363 e. The summed E-state index contributed by atoms with van der Waals surface area (Å²) in [5.74, 6) is 0. The number of hydrogen-bond donors (Lipinski definition) is 1. The molecule has 0 aliphatic carbocycles. The SMILES string of the molecule is [C]1=NC=C(c2ccccc2)CN1. The van der Waals surface area contributed by atoms with Gasteiger partial charge in [0, 0.05) is 12.7 Å². The molecule has 0 saturated heterocycles. The molecule has 12 heavy (non-hydrogen) atoms. The molecule has 1 aromatic carbocycles. The van der Waals surface area contributed by atoms with Gasteiger partial charge in [0.15, 0.2) is 6.34 Å². The van der Waals surface area contributed by atoms with Crippen LogP contribution in [0, 0.1) is 0 Å². The van der Waals surface area contributed by atoms with Crippen LogP contribution in [0.1, 0.15) is 5.56 Å². The lowest BCUT2D eigenvalue weighted by Crippen LogP contribution is -2.16. The molecule has 2 nitrogen and oxygen atoms in total. The zero-order chi connectivity index (χ0) is 8.23. The van der Waals surface area contributed by atoms with Gasteiger partial charge in [-0.1, -0.05) is 30.3 Å². The van der Waals surface area contributed by atoms with Gasteiger partial charge in [-0.05, 0) is 11.1 Å². The molecule has 0 unspecified atom stereocenters. The molecule has 1 N–H and O–H groups in total. The molecule has 2 rings (SSSR count). The van der Waals surface area contributed by atoms with E-state index in [9.17, 15) is 0 Å². The second-order valence-electron chi connectivity index (χ2n) is 2.61. The predicted octanol–water partition coefficient (Wildman–Crippen LogP) is 1.54. The number of nitrogens with one attached hydrogen (secondary N) is 1. The van der Waals surface area contributed by atoms with E-state index >= 15 is 0 Å². The molecule has 0 spiro atoms. The highest BCUT2D eigenvalue weighted by Crippen LogP contribution is 2.13. The summed E-state index contributed by atoms with van der Waals surface area (Å²) in [7, 11) is 0. The monoisotopic (exact) mass is 157 g/mol. The molecule has 1 heterocycles. The van der Waals surface area contributed by atoms with Crippen molar-refractivity contribution in [2.24, 2.45) is 4.99 Å². The Morgan fingerprint density at radius 1 is 1.25 bits per heavy atom. The molecular formula is C10H9N2. The van der Waals surface area contributed by atoms with Crippen LogP contribution in [-0.4, -0.2) is 12.9 Å². The number of nitrogens with zero attached hydrogens (tertiary/aromatic N) is 1. The highest BCUT2D eigenvalue weighted by molar-refractivity contribution is 5.73. The van der Waals surface area contributed by atoms with E-state index in [0.717, 1.165) is 6.54 Å². The third-order valence-corrected chi connectivity index (χ3v) is 1.79. The number of aliphatic imine (C=N–C) groups is 1. The lowest BCUT2D eigenvalue weighted by molar-refractivity contribution is 1.06. The molecule has 2 heteroatoms. The topological polar surface area (TPSA) is 24.4 Å². The lowest BCUT2D eigenvalue weighted by Gasteiger charge is -2.08. The van der Waals surface area contributed by atoms with Gasteiger partial charge in [-0.25, -0.2) is 4.99 Å². The van der Waals surface area contributed by atoms with E-state index in [2.05, 4.69) is 28.8 Å². The minimum absolute atomic E-state index is 0.813. The van der Waals surface area contributed by atoms with Gasteiger partial charge in [0.25, 0.3) is 0 Å². The fourth-order valence-electron chi connectivity index (χ4n) is 1.17. The summed E-state index contributed by atoms with van der Waals surface area (Å²) in [5, 5.41) is 2.95. The van der Waals surface area contributed by atoms with Gasteiger partial charge in [0.2, 0.25) is 0 Å². The quantitative estimate of drug-likeness (QED) is 0.657. The Labute approximate surface area is 71.6 Å². The van der Waals surface area contributed by atoms with Crippen LogP contribution in [0.5, 0.6) is 0 Å². The van der Waals surface area contributed by atoms with Crippen molar-refractivity contribution in [1.29, 1.82) is 0 Å². The fraction of sp³-hybridized carbons (Fsp3) is 0.100. The molecule has 0 atom stereocenters. The van der Waals surface area contributed by atoms with Crippen LogP contribution in [0.3, 0.4) is 0 Å². The molecule has 1 radical (unpaired) electrons. The summed E-state index contributed by atoms with van der Waals surface area (Å²) in [6, 6.07) is 10.2. The summed E-state index contributed by atoms with van der Waals surface area (Å²) in [6.45, 7) is 0.813. The Hall–Kier alpha value is -1.57. The van der Waals surface area contributed by atoms with E-state index in [1.165, 1.54) is 11.1 Å². The van der Waals surface area contributed by atoms with Crippen molar-refractivity contribution in [3.8, 4) is 0 Å². The van der Waals surface area contributed by atoms with E-state index in [0.29, 0.717) is 0 Å². The maximum atomic E-state index is 3.91. The molecule has 1 aliphatic rings. The average molecular weight is 157 g/mol. The number of benzene rings is 1. The predicted molar refractivity (Wildman–Crippen MR) is 49.9 cm³/mol. The summed E-state index contributed by atoms with van der Waals surface area (Å²) in [6.07, 6.45) is 4.52. The Morgan fingerprint density at radius 2 is 2.08 bits per heavy atom. The van der Waals surface area contributed by atoms with Crippen molar-refractivity contribution in [3.05, 3.63) is 42.1 Å². The van der Waals surface area contributed by atoms with Crippen molar-refractivity contribution in [2.45, 2.75) is 0 Å². The van der Waals surface area contributed by atoms with Crippen molar-refractivity contribution >= 4 is 11.9 Å². The smallest absolute Gasteiger partial charge is 0.169 e. The average Bonchev–Trinajstić information content (AvgIpc) is 2.21. The van der Waals surface area contributed by atoms with Crippen LogP contribution in [-0.2, 0) is 0 Å². The summed E-state index contributed by atoms with van der Waals surface area (Å²) < 4.78 is 0. The molecule has 0 aromatic heterocycles. The van der Waals surface area contributed by atoms with Gasteiger partial charge in [0.05, 0.1) is 0 Å². The molecule has 59 valence electrons. The van der Waals surface area contributed by atoms with Gasteiger partial charge < -0.3 is 5.32 Å². The first kappa shape index (κ1) is 7.10. The highest BCUT2D eigenvalue weighted by atomic mass is 14.9. The van der Waals surface area contributed by atoms with Crippen LogP contribution in [0.4, 0.5) is 0 Å². The Morgan fingerprint density at radius 3 is 2.75 bits per heavy atom. The van der Waals surface area contributed by atoms with Crippen molar-refractivity contribution in [2.75, 3.05) is 6.54 Å². The van der Waals surface area contributed by atoms with E-state index < -0.39 is 0 Å². The number of rotatable bonds is 1. The van der Waals surface area contributed by atoms with Crippen molar-refractivity contribution in [3.63, 3.8) is 0 Å².